The van der Waals surface area contributed by atoms with Gasteiger partial charge in [-0.1, -0.05) is 47.6 Å². The molecule has 0 fully saturated rings. The molecule has 0 radical (unpaired) electrons. The molecule has 2 aromatic carbocycles. The van der Waals surface area contributed by atoms with E-state index in [4.69, 9.17) is 9.26 Å². The zero-order chi connectivity index (χ0) is 27.0. The molecule has 0 aliphatic heterocycles. The third-order valence-electron chi connectivity index (χ3n) is 5.47. The lowest BCUT2D eigenvalue weighted by Gasteiger charge is -2.34. The molecule has 1 heterocycles. The Morgan fingerprint density at radius 2 is 1.70 bits per heavy atom. The molecule has 3 rings (SSSR count). The standard InChI is InChI=1S/C28H34N4O5/c1-19-17-23(31-37-19)29-24(33)15-16-25(34)32(18-20-9-7-6-8-10-20)26(27(35)30-28(2,3)4)21-11-13-22(36-5)14-12-21/h6-14,17,26H,15-16,18H2,1-5H3,(H,30,35)(H,29,31,33)/t26-/m1/s1. The second kappa shape index (κ2) is 12.2. The highest BCUT2D eigenvalue weighted by molar-refractivity contribution is 5.94. The van der Waals surface area contributed by atoms with Crippen LogP contribution in [0.15, 0.2) is 65.2 Å². The number of nitrogens with one attached hydrogen (secondary N) is 2. The maximum atomic E-state index is 13.6. The molecule has 0 bridgehead atoms. The van der Waals surface area contributed by atoms with Crippen LogP contribution in [0.1, 0.15) is 56.5 Å². The average Bonchev–Trinajstić information content (AvgIpc) is 3.26. The van der Waals surface area contributed by atoms with Gasteiger partial charge in [0.05, 0.1) is 7.11 Å². The van der Waals surface area contributed by atoms with Crippen molar-refractivity contribution in [2.75, 3.05) is 12.4 Å². The van der Waals surface area contributed by atoms with Crippen LogP contribution in [-0.4, -0.2) is 40.4 Å². The van der Waals surface area contributed by atoms with E-state index in [9.17, 15) is 14.4 Å². The summed E-state index contributed by atoms with van der Waals surface area (Å²) in [5.74, 6) is 0.468. The first-order valence-corrected chi connectivity index (χ1v) is 12.1. The summed E-state index contributed by atoms with van der Waals surface area (Å²) in [6.07, 6.45) is -0.169. The number of carbonyl (C=O) groups is 3. The molecule has 3 aromatic rings. The van der Waals surface area contributed by atoms with Crippen LogP contribution < -0.4 is 15.4 Å². The van der Waals surface area contributed by atoms with E-state index in [1.807, 2.05) is 51.1 Å². The summed E-state index contributed by atoms with van der Waals surface area (Å²) in [6.45, 7) is 7.56. The summed E-state index contributed by atoms with van der Waals surface area (Å²) >= 11 is 0. The molecule has 196 valence electrons. The van der Waals surface area contributed by atoms with Gasteiger partial charge in [-0.05, 0) is 51.0 Å². The fourth-order valence-corrected chi connectivity index (χ4v) is 3.80. The minimum absolute atomic E-state index is 0.0771. The molecular weight excluding hydrogens is 472 g/mol. The number of benzene rings is 2. The molecule has 1 aromatic heterocycles. The Balaban J connectivity index is 1.89. The molecule has 0 spiro atoms. The van der Waals surface area contributed by atoms with E-state index < -0.39 is 11.6 Å². The lowest BCUT2D eigenvalue weighted by atomic mass is 10.00. The van der Waals surface area contributed by atoms with Crippen molar-refractivity contribution in [3.8, 4) is 5.75 Å². The van der Waals surface area contributed by atoms with Crippen LogP contribution >= 0.6 is 0 Å². The fraction of sp³-hybridized carbons (Fsp3) is 0.357. The Hall–Kier alpha value is -4.14. The Labute approximate surface area is 217 Å². The van der Waals surface area contributed by atoms with Gasteiger partial charge in [-0.25, -0.2) is 0 Å². The van der Waals surface area contributed by atoms with Gasteiger partial charge in [0.1, 0.15) is 17.6 Å². The van der Waals surface area contributed by atoms with E-state index in [0.717, 1.165) is 5.56 Å². The van der Waals surface area contributed by atoms with Crippen molar-refractivity contribution in [3.63, 3.8) is 0 Å². The van der Waals surface area contributed by atoms with Crippen molar-refractivity contribution >= 4 is 23.5 Å². The van der Waals surface area contributed by atoms with Gasteiger partial charge < -0.3 is 24.8 Å². The van der Waals surface area contributed by atoms with E-state index in [1.165, 1.54) is 4.90 Å². The van der Waals surface area contributed by atoms with E-state index in [-0.39, 0.29) is 42.9 Å². The second-order valence-electron chi connectivity index (χ2n) is 9.79. The number of methoxy groups -OCH3 is 1. The number of aryl methyl sites for hydroxylation is 1. The third kappa shape index (κ3) is 8.20. The number of anilines is 1. The van der Waals surface area contributed by atoms with Gasteiger partial charge in [0.25, 0.3) is 0 Å². The lowest BCUT2D eigenvalue weighted by molar-refractivity contribution is -0.142. The number of ether oxygens (including phenoxy) is 1. The molecule has 0 saturated carbocycles. The zero-order valence-electron chi connectivity index (χ0n) is 21.9. The second-order valence-corrected chi connectivity index (χ2v) is 9.79. The number of rotatable bonds is 10. The number of amides is 3. The van der Waals surface area contributed by atoms with Crippen molar-refractivity contribution in [2.24, 2.45) is 0 Å². The van der Waals surface area contributed by atoms with E-state index in [0.29, 0.717) is 17.1 Å². The third-order valence-corrected chi connectivity index (χ3v) is 5.47. The van der Waals surface area contributed by atoms with Crippen LogP contribution in [0.3, 0.4) is 0 Å². The highest BCUT2D eigenvalue weighted by Crippen LogP contribution is 2.27. The van der Waals surface area contributed by atoms with Gasteiger partial charge in [0.2, 0.25) is 17.7 Å². The largest absolute Gasteiger partial charge is 0.497 e. The first-order chi connectivity index (χ1) is 17.6. The summed E-state index contributed by atoms with van der Waals surface area (Å²) in [4.78, 5) is 41.2. The average molecular weight is 507 g/mol. The smallest absolute Gasteiger partial charge is 0.247 e. The molecule has 0 aliphatic rings. The van der Waals surface area contributed by atoms with Gasteiger partial charge in [-0.15, -0.1) is 0 Å². The summed E-state index contributed by atoms with van der Waals surface area (Å²) in [7, 11) is 1.56. The van der Waals surface area contributed by atoms with Crippen molar-refractivity contribution in [2.45, 2.75) is 58.7 Å². The predicted molar refractivity (Wildman–Crippen MR) is 140 cm³/mol. The van der Waals surface area contributed by atoms with Crippen molar-refractivity contribution in [1.82, 2.24) is 15.4 Å². The quantitative estimate of drug-likeness (QED) is 0.421. The summed E-state index contributed by atoms with van der Waals surface area (Å²) in [5.41, 5.74) is 0.980. The Kier molecular flexibility index (Phi) is 9.05. The first-order valence-electron chi connectivity index (χ1n) is 12.1. The van der Waals surface area contributed by atoms with Gasteiger partial charge in [-0.2, -0.15) is 0 Å². The Morgan fingerprint density at radius 1 is 1.03 bits per heavy atom. The SMILES string of the molecule is COc1ccc([C@H](C(=O)NC(C)(C)C)N(Cc2ccccc2)C(=O)CCC(=O)Nc2cc(C)on2)cc1. The molecule has 37 heavy (non-hydrogen) atoms. The molecule has 3 amide bonds. The monoisotopic (exact) mass is 506 g/mol. The maximum absolute atomic E-state index is 13.6. The molecule has 0 saturated heterocycles. The minimum Gasteiger partial charge on any atom is -0.497 e. The van der Waals surface area contributed by atoms with Crippen LogP contribution in [-0.2, 0) is 20.9 Å². The number of hydrogen-bond donors (Lipinski definition) is 2. The highest BCUT2D eigenvalue weighted by Gasteiger charge is 2.33. The normalized spacial score (nSPS) is 11.9. The summed E-state index contributed by atoms with van der Waals surface area (Å²) in [6, 6.07) is 17.2. The van der Waals surface area contributed by atoms with Crippen LogP contribution in [0, 0.1) is 6.92 Å². The molecule has 1 atom stereocenters. The minimum atomic E-state index is -0.918. The number of hydrogen-bond acceptors (Lipinski definition) is 6. The van der Waals surface area contributed by atoms with Gasteiger partial charge in [0.15, 0.2) is 5.82 Å². The Morgan fingerprint density at radius 3 is 2.27 bits per heavy atom. The van der Waals surface area contributed by atoms with E-state index in [1.54, 1.807) is 44.4 Å². The fourth-order valence-electron chi connectivity index (χ4n) is 3.80. The van der Waals surface area contributed by atoms with Crippen molar-refractivity contribution in [3.05, 3.63) is 77.6 Å². The summed E-state index contributed by atoms with van der Waals surface area (Å²) < 4.78 is 10.2. The molecule has 9 nitrogen and oxygen atoms in total. The van der Waals surface area contributed by atoms with E-state index >= 15 is 0 Å². The number of carbonyl (C=O) groups excluding carboxylic acids is 3. The molecule has 0 aliphatic carbocycles. The van der Waals surface area contributed by atoms with Crippen molar-refractivity contribution < 1.29 is 23.6 Å². The zero-order valence-corrected chi connectivity index (χ0v) is 21.9. The number of nitrogens with zero attached hydrogens (tertiary/aromatic N) is 2. The van der Waals surface area contributed by atoms with Crippen LogP contribution in [0.25, 0.3) is 0 Å². The van der Waals surface area contributed by atoms with Crippen LogP contribution in [0.5, 0.6) is 5.75 Å². The van der Waals surface area contributed by atoms with Gasteiger partial charge in [-0.3, -0.25) is 14.4 Å². The molecule has 0 unspecified atom stereocenters. The van der Waals surface area contributed by atoms with Crippen LogP contribution in [0.2, 0.25) is 0 Å². The van der Waals surface area contributed by atoms with E-state index in [2.05, 4.69) is 15.8 Å². The summed E-state index contributed by atoms with van der Waals surface area (Å²) in [5, 5.41) is 9.38. The maximum Gasteiger partial charge on any atom is 0.247 e. The topological polar surface area (TPSA) is 114 Å². The first kappa shape index (κ1) is 27.4. The van der Waals surface area contributed by atoms with Gasteiger partial charge in [0, 0.05) is 31.0 Å². The number of aromatic nitrogens is 1. The highest BCUT2D eigenvalue weighted by atomic mass is 16.5. The molecular formula is C28H34N4O5. The van der Waals surface area contributed by atoms with Gasteiger partial charge >= 0.3 is 0 Å². The molecule has 9 heteroatoms. The molecule has 2 N–H and O–H groups in total. The van der Waals surface area contributed by atoms with Crippen molar-refractivity contribution in [1.29, 1.82) is 0 Å². The predicted octanol–water partition coefficient (Wildman–Crippen LogP) is 4.40. The lowest BCUT2D eigenvalue weighted by Crippen LogP contribution is -2.49. The van der Waals surface area contributed by atoms with Crippen LogP contribution in [0.4, 0.5) is 5.82 Å². The Bertz CT molecular complexity index is 1200.